The second-order valence-electron chi connectivity index (χ2n) is 6.86. The average molecular weight is 508 g/mol. The standard InChI is InChI=1S/C23H32N4O.HI/c1-4-25-23(27-18(2)13-14-19-9-6-5-7-10-19)26-16-15-20-11-8-12-21(17-20)22(28)24-3;/h5-12,17-18H,4,13-16H2,1-3H3,(H,24,28)(H2,25,26,27);1H. The van der Waals surface area contributed by atoms with E-state index in [2.05, 4.69) is 54.1 Å². The van der Waals surface area contributed by atoms with Crippen LogP contribution in [0.15, 0.2) is 59.6 Å². The van der Waals surface area contributed by atoms with Gasteiger partial charge in [-0.3, -0.25) is 9.79 Å². The number of aryl methyl sites for hydroxylation is 1. The van der Waals surface area contributed by atoms with Crippen LogP contribution in [-0.4, -0.2) is 38.0 Å². The number of carbonyl (C=O) groups is 1. The lowest BCUT2D eigenvalue weighted by Crippen LogP contribution is -2.42. The van der Waals surface area contributed by atoms with E-state index >= 15 is 0 Å². The molecule has 1 amide bonds. The maximum absolute atomic E-state index is 11.8. The topological polar surface area (TPSA) is 65.5 Å². The molecule has 3 N–H and O–H groups in total. The summed E-state index contributed by atoms with van der Waals surface area (Å²) < 4.78 is 0. The highest BCUT2D eigenvalue weighted by atomic mass is 127. The summed E-state index contributed by atoms with van der Waals surface area (Å²) in [6, 6.07) is 18.6. The van der Waals surface area contributed by atoms with E-state index in [-0.39, 0.29) is 29.9 Å². The molecule has 0 fully saturated rings. The predicted octanol–water partition coefficient (Wildman–Crippen LogP) is 3.78. The van der Waals surface area contributed by atoms with E-state index < -0.39 is 0 Å². The minimum absolute atomic E-state index is 0. The molecular weight excluding hydrogens is 475 g/mol. The number of aliphatic imine (C=N–C) groups is 1. The Morgan fingerprint density at radius 2 is 1.76 bits per heavy atom. The van der Waals surface area contributed by atoms with Crippen LogP contribution in [0.2, 0.25) is 0 Å². The van der Waals surface area contributed by atoms with Crippen LogP contribution < -0.4 is 16.0 Å². The summed E-state index contributed by atoms with van der Waals surface area (Å²) in [5, 5.41) is 9.46. The van der Waals surface area contributed by atoms with Gasteiger partial charge in [0.2, 0.25) is 0 Å². The Morgan fingerprint density at radius 1 is 1.03 bits per heavy atom. The van der Waals surface area contributed by atoms with Crippen molar-refractivity contribution >= 4 is 35.8 Å². The number of guanidine groups is 1. The normalized spacial score (nSPS) is 11.9. The molecule has 0 heterocycles. The van der Waals surface area contributed by atoms with E-state index in [1.807, 2.05) is 30.3 Å². The van der Waals surface area contributed by atoms with Crippen LogP contribution in [-0.2, 0) is 12.8 Å². The summed E-state index contributed by atoms with van der Waals surface area (Å²) in [4.78, 5) is 16.5. The molecule has 0 bridgehead atoms. The van der Waals surface area contributed by atoms with Gasteiger partial charge in [0.15, 0.2) is 5.96 Å². The lowest BCUT2D eigenvalue weighted by molar-refractivity contribution is 0.0963. The summed E-state index contributed by atoms with van der Waals surface area (Å²) in [5.41, 5.74) is 3.15. The first-order chi connectivity index (χ1) is 13.6. The maximum atomic E-state index is 11.8. The first-order valence-corrected chi connectivity index (χ1v) is 10.0. The van der Waals surface area contributed by atoms with Crippen molar-refractivity contribution in [2.24, 2.45) is 4.99 Å². The van der Waals surface area contributed by atoms with Crippen molar-refractivity contribution in [3.8, 4) is 0 Å². The molecule has 5 nitrogen and oxygen atoms in total. The largest absolute Gasteiger partial charge is 0.357 e. The molecule has 0 aliphatic rings. The highest BCUT2D eigenvalue weighted by Gasteiger charge is 2.06. The minimum atomic E-state index is -0.0624. The third-order valence-electron chi connectivity index (χ3n) is 4.52. The molecule has 0 aliphatic carbocycles. The van der Waals surface area contributed by atoms with Crippen LogP contribution in [0.3, 0.4) is 0 Å². The lowest BCUT2D eigenvalue weighted by atomic mass is 10.1. The smallest absolute Gasteiger partial charge is 0.251 e. The van der Waals surface area contributed by atoms with Crippen LogP contribution in [0.25, 0.3) is 0 Å². The van der Waals surface area contributed by atoms with E-state index in [0.717, 1.165) is 37.3 Å². The molecular formula is C23H33IN4O. The first kappa shape index (κ1) is 24.9. The van der Waals surface area contributed by atoms with Gasteiger partial charge in [-0.1, -0.05) is 42.5 Å². The highest BCUT2D eigenvalue weighted by Crippen LogP contribution is 2.07. The number of hydrogen-bond donors (Lipinski definition) is 3. The van der Waals surface area contributed by atoms with Crippen LogP contribution in [0, 0.1) is 0 Å². The second-order valence-corrected chi connectivity index (χ2v) is 6.86. The Balaban J connectivity index is 0.00000420. The lowest BCUT2D eigenvalue weighted by Gasteiger charge is -2.18. The van der Waals surface area contributed by atoms with Crippen molar-refractivity contribution in [3.05, 3.63) is 71.3 Å². The fourth-order valence-electron chi connectivity index (χ4n) is 2.96. The van der Waals surface area contributed by atoms with Gasteiger partial charge in [-0.2, -0.15) is 0 Å². The molecule has 2 aromatic rings. The van der Waals surface area contributed by atoms with Gasteiger partial charge >= 0.3 is 0 Å². The number of halogens is 1. The Morgan fingerprint density at radius 3 is 2.45 bits per heavy atom. The van der Waals surface area contributed by atoms with Gasteiger partial charge in [0.05, 0.1) is 0 Å². The van der Waals surface area contributed by atoms with Crippen LogP contribution >= 0.6 is 24.0 Å². The zero-order chi connectivity index (χ0) is 20.2. The Hall–Kier alpha value is -2.09. The number of amides is 1. The van der Waals surface area contributed by atoms with Gasteiger partial charge in [0, 0.05) is 31.7 Å². The molecule has 0 saturated carbocycles. The average Bonchev–Trinajstić information content (AvgIpc) is 2.73. The first-order valence-electron chi connectivity index (χ1n) is 10.0. The zero-order valence-corrected chi connectivity index (χ0v) is 19.9. The molecule has 2 aromatic carbocycles. The molecule has 0 aromatic heterocycles. The van der Waals surface area contributed by atoms with Crippen LogP contribution in [0.4, 0.5) is 0 Å². The van der Waals surface area contributed by atoms with Crippen molar-refractivity contribution < 1.29 is 4.79 Å². The number of hydrogen-bond acceptors (Lipinski definition) is 2. The zero-order valence-electron chi connectivity index (χ0n) is 17.6. The summed E-state index contributed by atoms with van der Waals surface area (Å²) >= 11 is 0. The molecule has 0 aliphatic heterocycles. The molecule has 6 heteroatoms. The number of benzene rings is 2. The Labute approximate surface area is 191 Å². The molecule has 158 valence electrons. The van der Waals surface area contributed by atoms with Gasteiger partial charge in [0.1, 0.15) is 0 Å². The van der Waals surface area contributed by atoms with Gasteiger partial charge < -0.3 is 16.0 Å². The molecule has 1 atom stereocenters. The van der Waals surface area contributed by atoms with Gasteiger partial charge in [-0.25, -0.2) is 0 Å². The second kappa shape index (κ2) is 14.0. The SMILES string of the molecule is CCNC(=NCCc1cccc(C(=O)NC)c1)NC(C)CCc1ccccc1.I. The van der Waals surface area contributed by atoms with Gasteiger partial charge in [-0.05, 0) is 56.4 Å². The van der Waals surface area contributed by atoms with Crippen LogP contribution in [0.1, 0.15) is 41.8 Å². The monoisotopic (exact) mass is 508 g/mol. The van der Waals surface area contributed by atoms with Gasteiger partial charge in [-0.15, -0.1) is 24.0 Å². The molecule has 1 unspecified atom stereocenters. The number of nitrogens with one attached hydrogen (secondary N) is 3. The number of nitrogens with zero attached hydrogens (tertiary/aromatic N) is 1. The Kier molecular flexibility index (Phi) is 12.0. The maximum Gasteiger partial charge on any atom is 0.251 e. The van der Waals surface area contributed by atoms with Crippen LogP contribution in [0.5, 0.6) is 0 Å². The molecule has 0 radical (unpaired) electrons. The van der Waals surface area contributed by atoms with E-state index in [0.29, 0.717) is 18.2 Å². The quantitative estimate of drug-likeness (QED) is 0.275. The van der Waals surface area contributed by atoms with Crippen molar-refractivity contribution in [2.45, 2.75) is 39.2 Å². The van der Waals surface area contributed by atoms with Gasteiger partial charge in [0.25, 0.3) is 5.91 Å². The Bertz CT molecular complexity index is 764. The number of carbonyl (C=O) groups excluding carboxylic acids is 1. The summed E-state index contributed by atoms with van der Waals surface area (Å²) in [6.07, 6.45) is 2.88. The molecule has 29 heavy (non-hydrogen) atoms. The highest BCUT2D eigenvalue weighted by molar-refractivity contribution is 14.0. The van der Waals surface area contributed by atoms with E-state index in [4.69, 9.17) is 4.99 Å². The fourth-order valence-corrected chi connectivity index (χ4v) is 2.96. The van der Waals surface area contributed by atoms with Crippen molar-refractivity contribution in [1.82, 2.24) is 16.0 Å². The summed E-state index contributed by atoms with van der Waals surface area (Å²) in [5.74, 6) is 0.776. The number of rotatable bonds is 9. The molecule has 2 rings (SSSR count). The van der Waals surface area contributed by atoms with E-state index in [1.54, 1.807) is 7.05 Å². The van der Waals surface area contributed by atoms with Crippen molar-refractivity contribution in [1.29, 1.82) is 0 Å². The summed E-state index contributed by atoms with van der Waals surface area (Å²) in [6.45, 7) is 5.74. The van der Waals surface area contributed by atoms with Crippen molar-refractivity contribution in [3.63, 3.8) is 0 Å². The van der Waals surface area contributed by atoms with Crippen molar-refractivity contribution in [2.75, 3.05) is 20.1 Å². The molecule has 0 spiro atoms. The summed E-state index contributed by atoms with van der Waals surface area (Å²) in [7, 11) is 1.65. The predicted molar refractivity (Wildman–Crippen MR) is 132 cm³/mol. The minimum Gasteiger partial charge on any atom is -0.357 e. The van der Waals surface area contributed by atoms with E-state index in [9.17, 15) is 4.79 Å². The molecule has 0 saturated heterocycles. The van der Waals surface area contributed by atoms with E-state index in [1.165, 1.54) is 5.56 Å². The third kappa shape index (κ3) is 9.30. The third-order valence-corrected chi connectivity index (χ3v) is 4.52. The fraction of sp³-hybridized carbons (Fsp3) is 0.391.